The predicted octanol–water partition coefficient (Wildman–Crippen LogP) is 1.09. The second-order valence-electron chi connectivity index (χ2n) is 4.11. The molecule has 0 bridgehead atoms. The van der Waals surface area contributed by atoms with Crippen LogP contribution in [0, 0.1) is 0 Å². The van der Waals surface area contributed by atoms with E-state index in [0.717, 1.165) is 13.0 Å². The van der Waals surface area contributed by atoms with Crippen LogP contribution in [0.25, 0.3) is 5.95 Å². The van der Waals surface area contributed by atoms with Gasteiger partial charge in [-0.05, 0) is 20.3 Å². The molecule has 102 valence electrons. The zero-order valence-electron chi connectivity index (χ0n) is 11.3. The van der Waals surface area contributed by atoms with Gasteiger partial charge in [0.2, 0.25) is 11.9 Å². The molecule has 0 fully saturated rings. The Morgan fingerprint density at radius 3 is 2.63 bits per heavy atom. The van der Waals surface area contributed by atoms with Gasteiger partial charge in [-0.1, -0.05) is 6.92 Å². The van der Waals surface area contributed by atoms with Crippen LogP contribution in [0.2, 0.25) is 0 Å². The first kappa shape index (κ1) is 13.2. The number of nitrogens with one attached hydrogen (secondary N) is 2. The summed E-state index contributed by atoms with van der Waals surface area (Å²) < 4.78 is 1.50. The fourth-order valence-corrected chi connectivity index (χ4v) is 1.40. The van der Waals surface area contributed by atoms with Crippen molar-refractivity contribution >= 4 is 11.9 Å². The molecule has 1 unspecified atom stereocenters. The van der Waals surface area contributed by atoms with Crippen LogP contribution in [-0.4, -0.2) is 42.3 Å². The van der Waals surface area contributed by atoms with E-state index in [1.165, 1.54) is 11.0 Å². The molecular weight excluding hydrogens is 244 g/mol. The summed E-state index contributed by atoms with van der Waals surface area (Å²) in [7, 11) is 0. The van der Waals surface area contributed by atoms with Crippen molar-refractivity contribution in [1.82, 2.24) is 29.7 Å². The van der Waals surface area contributed by atoms with E-state index >= 15 is 0 Å². The Bertz CT molecular complexity index is 509. The molecule has 2 N–H and O–H groups in total. The molecule has 0 aliphatic heterocycles. The van der Waals surface area contributed by atoms with Crippen LogP contribution in [0.4, 0.5) is 11.9 Å². The molecule has 1 atom stereocenters. The van der Waals surface area contributed by atoms with Crippen molar-refractivity contribution in [2.75, 3.05) is 17.2 Å². The minimum Gasteiger partial charge on any atom is -0.354 e. The summed E-state index contributed by atoms with van der Waals surface area (Å²) in [6.45, 7) is 6.90. The smallest absolute Gasteiger partial charge is 0.258 e. The van der Waals surface area contributed by atoms with Crippen molar-refractivity contribution in [2.24, 2.45) is 0 Å². The first-order chi connectivity index (χ1) is 9.22. The minimum absolute atomic E-state index is 0.292. The maximum absolute atomic E-state index is 4.33. The maximum atomic E-state index is 4.33. The molecular formula is C11H18N8. The molecule has 19 heavy (non-hydrogen) atoms. The highest BCUT2D eigenvalue weighted by Crippen LogP contribution is 2.10. The maximum Gasteiger partial charge on any atom is 0.258 e. The highest BCUT2D eigenvalue weighted by molar-refractivity contribution is 5.38. The van der Waals surface area contributed by atoms with Crippen LogP contribution in [-0.2, 0) is 0 Å². The Hall–Kier alpha value is -2.25. The van der Waals surface area contributed by atoms with Gasteiger partial charge in [-0.3, -0.25) is 0 Å². The first-order valence-corrected chi connectivity index (χ1v) is 6.34. The zero-order valence-corrected chi connectivity index (χ0v) is 11.3. The van der Waals surface area contributed by atoms with Crippen LogP contribution in [0.15, 0.2) is 12.7 Å². The van der Waals surface area contributed by atoms with Gasteiger partial charge >= 0.3 is 0 Å². The molecule has 0 spiro atoms. The summed E-state index contributed by atoms with van der Waals surface area (Å²) in [5.74, 6) is 1.49. The standard InChI is InChI=1S/C11H18N8/c1-4-8(3)15-10-16-9(13-5-2)17-11(18-10)19-7-12-6-14-19/h6-8H,4-5H2,1-3H3,(H2,13,15,16,17,18). The molecule has 2 rings (SSSR count). The summed E-state index contributed by atoms with van der Waals surface area (Å²) in [5.41, 5.74) is 0. The normalized spacial score (nSPS) is 12.2. The predicted molar refractivity (Wildman–Crippen MR) is 72.3 cm³/mol. The van der Waals surface area contributed by atoms with E-state index in [4.69, 9.17) is 0 Å². The average Bonchev–Trinajstić information content (AvgIpc) is 2.92. The van der Waals surface area contributed by atoms with Crippen molar-refractivity contribution in [3.8, 4) is 5.95 Å². The van der Waals surface area contributed by atoms with Gasteiger partial charge < -0.3 is 10.6 Å². The summed E-state index contributed by atoms with van der Waals surface area (Å²) in [6.07, 6.45) is 3.98. The Morgan fingerprint density at radius 1 is 1.21 bits per heavy atom. The molecule has 0 aromatic carbocycles. The largest absolute Gasteiger partial charge is 0.354 e. The molecule has 0 radical (unpaired) electrons. The number of nitrogens with zero attached hydrogens (tertiary/aromatic N) is 6. The van der Waals surface area contributed by atoms with E-state index in [-0.39, 0.29) is 0 Å². The highest BCUT2D eigenvalue weighted by Gasteiger charge is 2.09. The Labute approximate surface area is 111 Å². The van der Waals surface area contributed by atoms with Gasteiger partial charge in [0.1, 0.15) is 12.7 Å². The van der Waals surface area contributed by atoms with Gasteiger partial charge in [-0.25, -0.2) is 4.98 Å². The fraction of sp³-hybridized carbons (Fsp3) is 0.545. The van der Waals surface area contributed by atoms with Crippen LogP contribution in [0.3, 0.4) is 0 Å². The van der Waals surface area contributed by atoms with Gasteiger partial charge in [0.25, 0.3) is 5.95 Å². The van der Waals surface area contributed by atoms with Crippen molar-refractivity contribution in [2.45, 2.75) is 33.2 Å². The Kier molecular flexibility index (Phi) is 4.22. The van der Waals surface area contributed by atoms with E-state index in [9.17, 15) is 0 Å². The number of anilines is 2. The third-order valence-electron chi connectivity index (χ3n) is 2.57. The van der Waals surface area contributed by atoms with Crippen molar-refractivity contribution in [3.05, 3.63) is 12.7 Å². The lowest BCUT2D eigenvalue weighted by Gasteiger charge is -2.13. The third-order valence-corrected chi connectivity index (χ3v) is 2.57. The Balaban J connectivity index is 2.32. The third kappa shape index (κ3) is 3.36. The van der Waals surface area contributed by atoms with Crippen LogP contribution in [0.5, 0.6) is 0 Å². The molecule has 0 saturated carbocycles. The average molecular weight is 262 g/mol. The van der Waals surface area contributed by atoms with E-state index in [1.807, 2.05) is 6.92 Å². The lowest BCUT2D eigenvalue weighted by molar-refractivity contribution is 0.740. The van der Waals surface area contributed by atoms with Crippen LogP contribution < -0.4 is 10.6 Å². The fourth-order valence-electron chi connectivity index (χ4n) is 1.40. The summed E-state index contributed by atoms with van der Waals surface area (Å²) in [5, 5.41) is 10.3. The van der Waals surface area contributed by atoms with Crippen molar-refractivity contribution < 1.29 is 0 Å². The number of hydrogen-bond donors (Lipinski definition) is 2. The molecule has 2 heterocycles. The van der Waals surface area contributed by atoms with Crippen LogP contribution in [0.1, 0.15) is 27.2 Å². The van der Waals surface area contributed by atoms with Crippen molar-refractivity contribution in [3.63, 3.8) is 0 Å². The molecule has 2 aromatic heterocycles. The summed E-state index contributed by atoms with van der Waals surface area (Å²) in [4.78, 5) is 16.8. The second-order valence-corrected chi connectivity index (χ2v) is 4.11. The van der Waals surface area contributed by atoms with Crippen molar-refractivity contribution in [1.29, 1.82) is 0 Å². The highest BCUT2D eigenvalue weighted by atomic mass is 15.4. The quantitative estimate of drug-likeness (QED) is 0.804. The SMILES string of the molecule is CCNc1nc(NC(C)CC)nc(-n2cncn2)n1. The van der Waals surface area contributed by atoms with Gasteiger partial charge in [-0.15, -0.1) is 0 Å². The first-order valence-electron chi connectivity index (χ1n) is 6.34. The summed E-state index contributed by atoms with van der Waals surface area (Å²) in [6, 6.07) is 0.292. The monoisotopic (exact) mass is 262 g/mol. The molecule has 8 nitrogen and oxygen atoms in total. The molecule has 0 amide bonds. The van der Waals surface area contributed by atoms with E-state index in [2.05, 4.69) is 49.5 Å². The second kappa shape index (κ2) is 6.07. The molecule has 0 aliphatic carbocycles. The zero-order chi connectivity index (χ0) is 13.7. The molecule has 0 saturated heterocycles. The molecule has 0 aliphatic rings. The van der Waals surface area contributed by atoms with E-state index < -0.39 is 0 Å². The number of rotatable bonds is 6. The topological polar surface area (TPSA) is 93.4 Å². The van der Waals surface area contributed by atoms with Gasteiger partial charge in [0.15, 0.2) is 0 Å². The van der Waals surface area contributed by atoms with E-state index in [0.29, 0.717) is 23.9 Å². The number of aromatic nitrogens is 6. The molecule has 2 aromatic rings. The minimum atomic E-state index is 0.292. The lowest BCUT2D eigenvalue weighted by Crippen LogP contribution is -2.18. The van der Waals surface area contributed by atoms with Gasteiger partial charge in [0, 0.05) is 12.6 Å². The van der Waals surface area contributed by atoms with Gasteiger partial charge in [-0.2, -0.15) is 24.7 Å². The Morgan fingerprint density at radius 2 is 2.00 bits per heavy atom. The lowest BCUT2D eigenvalue weighted by atomic mass is 10.3. The summed E-state index contributed by atoms with van der Waals surface area (Å²) >= 11 is 0. The molecule has 8 heteroatoms. The van der Waals surface area contributed by atoms with Crippen LogP contribution >= 0.6 is 0 Å². The van der Waals surface area contributed by atoms with E-state index in [1.54, 1.807) is 6.33 Å². The number of hydrogen-bond acceptors (Lipinski definition) is 7. The van der Waals surface area contributed by atoms with Gasteiger partial charge in [0.05, 0.1) is 0 Å².